The van der Waals surface area contributed by atoms with Crippen LogP contribution in [0.15, 0.2) is 0 Å². The van der Waals surface area contributed by atoms with E-state index in [-0.39, 0.29) is 0 Å². The van der Waals surface area contributed by atoms with Crippen molar-refractivity contribution in [2.45, 2.75) is 58.0 Å². The topological polar surface area (TPSA) is 54.8 Å². The van der Waals surface area contributed by atoms with Crippen molar-refractivity contribution in [3.8, 4) is 0 Å². The van der Waals surface area contributed by atoms with E-state index in [9.17, 15) is 0 Å². The molecule has 2 aliphatic heterocycles. The van der Waals surface area contributed by atoms with Crippen LogP contribution < -0.4 is 10.6 Å². The van der Waals surface area contributed by atoms with Gasteiger partial charge in [-0.1, -0.05) is 6.42 Å². The van der Waals surface area contributed by atoms with Crippen molar-refractivity contribution in [2.75, 3.05) is 19.6 Å². The molecule has 5 nitrogen and oxygen atoms in total. The highest BCUT2D eigenvalue weighted by atomic mass is 15.3. The molecule has 1 aromatic heterocycles. The van der Waals surface area contributed by atoms with Crippen molar-refractivity contribution in [1.29, 1.82) is 0 Å². The molecule has 0 bridgehead atoms. The first-order chi connectivity index (χ1) is 9.84. The second kappa shape index (κ2) is 6.68. The van der Waals surface area contributed by atoms with Crippen LogP contribution in [0.3, 0.4) is 0 Å². The lowest BCUT2D eigenvalue weighted by atomic mass is 9.99. The van der Waals surface area contributed by atoms with Gasteiger partial charge in [-0.15, -0.1) is 10.2 Å². The summed E-state index contributed by atoms with van der Waals surface area (Å²) in [6.07, 6.45) is 7.57. The first kappa shape index (κ1) is 14.0. The zero-order valence-electron chi connectivity index (χ0n) is 12.6. The normalized spacial score (nSPS) is 24.9. The minimum Gasteiger partial charge on any atom is -0.316 e. The van der Waals surface area contributed by atoms with E-state index in [1.54, 1.807) is 0 Å². The lowest BCUT2D eigenvalue weighted by Crippen LogP contribution is -2.37. The van der Waals surface area contributed by atoms with E-state index in [0.29, 0.717) is 6.04 Å². The van der Waals surface area contributed by atoms with Gasteiger partial charge in [-0.25, -0.2) is 0 Å². The number of hydrogen-bond acceptors (Lipinski definition) is 4. The largest absolute Gasteiger partial charge is 0.316 e. The number of fused-ring (bicyclic) bond motifs is 1. The Morgan fingerprint density at radius 2 is 2.25 bits per heavy atom. The number of nitrogens with one attached hydrogen (secondary N) is 2. The summed E-state index contributed by atoms with van der Waals surface area (Å²) >= 11 is 0. The molecule has 112 valence electrons. The van der Waals surface area contributed by atoms with E-state index >= 15 is 0 Å². The molecule has 0 saturated carbocycles. The van der Waals surface area contributed by atoms with Gasteiger partial charge in [-0.3, -0.25) is 0 Å². The molecule has 5 heteroatoms. The minimum atomic E-state index is 0.302. The molecule has 1 fully saturated rings. The third-order valence-corrected chi connectivity index (χ3v) is 4.64. The van der Waals surface area contributed by atoms with Gasteiger partial charge < -0.3 is 15.2 Å². The average Bonchev–Trinajstić information content (AvgIpc) is 2.75. The van der Waals surface area contributed by atoms with Crippen LogP contribution in [0.4, 0.5) is 0 Å². The lowest BCUT2D eigenvalue weighted by Gasteiger charge is -2.24. The van der Waals surface area contributed by atoms with Gasteiger partial charge in [0.2, 0.25) is 0 Å². The van der Waals surface area contributed by atoms with Crippen LogP contribution in [0.2, 0.25) is 0 Å². The van der Waals surface area contributed by atoms with Gasteiger partial charge in [-0.05, 0) is 58.2 Å². The Balaban J connectivity index is 1.59. The molecule has 0 aliphatic carbocycles. The van der Waals surface area contributed by atoms with Gasteiger partial charge in [0.05, 0.1) is 6.04 Å². The van der Waals surface area contributed by atoms with Gasteiger partial charge in [0.25, 0.3) is 0 Å². The van der Waals surface area contributed by atoms with Gasteiger partial charge >= 0.3 is 0 Å². The molecule has 0 radical (unpaired) electrons. The molecule has 2 atom stereocenters. The monoisotopic (exact) mass is 277 g/mol. The summed E-state index contributed by atoms with van der Waals surface area (Å²) in [5.41, 5.74) is 0. The smallest absolute Gasteiger partial charge is 0.149 e. The van der Waals surface area contributed by atoms with Crippen LogP contribution in [0, 0.1) is 5.92 Å². The molecule has 3 rings (SSSR count). The summed E-state index contributed by atoms with van der Waals surface area (Å²) in [7, 11) is 0. The van der Waals surface area contributed by atoms with Crippen LogP contribution in [0.1, 0.15) is 56.7 Å². The average molecular weight is 277 g/mol. The van der Waals surface area contributed by atoms with E-state index in [0.717, 1.165) is 37.8 Å². The first-order valence-corrected chi connectivity index (χ1v) is 8.20. The number of piperidine rings is 1. The Morgan fingerprint density at radius 1 is 1.30 bits per heavy atom. The molecule has 0 amide bonds. The molecular formula is C15H27N5. The second-order valence-corrected chi connectivity index (χ2v) is 6.28. The van der Waals surface area contributed by atoms with Gasteiger partial charge in [0, 0.05) is 13.0 Å². The molecule has 2 unspecified atom stereocenters. The van der Waals surface area contributed by atoms with Crippen LogP contribution in [0.25, 0.3) is 0 Å². The standard InChI is InChI=1S/C15H27N5/c1-12(17-11-13-6-5-8-16-10-13)15-19-18-14-7-3-2-4-9-20(14)15/h12-13,16-17H,2-11H2,1H3. The first-order valence-electron chi connectivity index (χ1n) is 8.20. The molecule has 0 spiro atoms. The SMILES string of the molecule is CC(NCC1CCCNC1)c1nnc2n1CCCCC2. The number of hydrogen-bond donors (Lipinski definition) is 2. The van der Waals surface area contributed by atoms with Crippen molar-refractivity contribution in [3.05, 3.63) is 11.6 Å². The summed E-state index contributed by atoms with van der Waals surface area (Å²) < 4.78 is 2.35. The Kier molecular flexibility index (Phi) is 4.68. The van der Waals surface area contributed by atoms with Crippen molar-refractivity contribution in [2.24, 2.45) is 5.92 Å². The zero-order chi connectivity index (χ0) is 13.8. The van der Waals surface area contributed by atoms with E-state index in [1.165, 1.54) is 44.5 Å². The predicted molar refractivity (Wildman–Crippen MR) is 79.6 cm³/mol. The lowest BCUT2D eigenvalue weighted by molar-refractivity contribution is 0.343. The zero-order valence-corrected chi connectivity index (χ0v) is 12.6. The number of nitrogens with zero attached hydrogens (tertiary/aromatic N) is 3. The van der Waals surface area contributed by atoms with Crippen LogP contribution in [0.5, 0.6) is 0 Å². The Bertz CT molecular complexity index is 422. The Morgan fingerprint density at radius 3 is 3.10 bits per heavy atom. The molecule has 20 heavy (non-hydrogen) atoms. The van der Waals surface area contributed by atoms with E-state index in [4.69, 9.17) is 0 Å². The maximum absolute atomic E-state index is 4.44. The maximum Gasteiger partial charge on any atom is 0.149 e. The molecule has 1 aromatic rings. The molecular weight excluding hydrogens is 250 g/mol. The third-order valence-electron chi connectivity index (χ3n) is 4.64. The van der Waals surface area contributed by atoms with Crippen molar-refractivity contribution in [1.82, 2.24) is 25.4 Å². The highest BCUT2D eigenvalue weighted by Gasteiger charge is 2.20. The Hall–Kier alpha value is -0.940. The molecule has 2 N–H and O–H groups in total. The van der Waals surface area contributed by atoms with Gasteiger partial charge in [0.15, 0.2) is 0 Å². The summed E-state index contributed by atoms with van der Waals surface area (Å²) in [6, 6.07) is 0.302. The number of aromatic nitrogens is 3. The molecule has 3 heterocycles. The van der Waals surface area contributed by atoms with E-state index in [2.05, 4.69) is 32.3 Å². The van der Waals surface area contributed by atoms with Crippen molar-refractivity contribution in [3.63, 3.8) is 0 Å². The van der Waals surface area contributed by atoms with Crippen molar-refractivity contribution < 1.29 is 0 Å². The van der Waals surface area contributed by atoms with Crippen LogP contribution in [-0.2, 0) is 13.0 Å². The summed E-state index contributed by atoms with van der Waals surface area (Å²) in [5, 5.41) is 16.0. The summed E-state index contributed by atoms with van der Waals surface area (Å²) in [4.78, 5) is 0. The Labute approximate surface area is 121 Å². The molecule has 2 aliphatic rings. The highest BCUT2D eigenvalue weighted by molar-refractivity contribution is 5.02. The fraction of sp³-hybridized carbons (Fsp3) is 0.867. The number of rotatable bonds is 4. The summed E-state index contributed by atoms with van der Waals surface area (Å²) in [6.45, 7) is 6.73. The maximum atomic E-state index is 4.44. The minimum absolute atomic E-state index is 0.302. The third kappa shape index (κ3) is 3.20. The van der Waals surface area contributed by atoms with Gasteiger partial charge in [0.1, 0.15) is 11.6 Å². The van der Waals surface area contributed by atoms with E-state index < -0.39 is 0 Å². The second-order valence-electron chi connectivity index (χ2n) is 6.28. The predicted octanol–water partition coefficient (Wildman–Crippen LogP) is 1.65. The quantitative estimate of drug-likeness (QED) is 0.879. The van der Waals surface area contributed by atoms with Crippen LogP contribution in [-0.4, -0.2) is 34.4 Å². The fourth-order valence-electron chi connectivity index (χ4n) is 3.36. The number of aryl methyl sites for hydroxylation is 1. The van der Waals surface area contributed by atoms with Crippen LogP contribution >= 0.6 is 0 Å². The highest BCUT2D eigenvalue weighted by Crippen LogP contribution is 2.19. The fourth-order valence-corrected chi connectivity index (χ4v) is 3.36. The van der Waals surface area contributed by atoms with Gasteiger partial charge in [-0.2, -0.15) is 0 Å². The van der Waals surface area contributed by atoms with E-state index in [1.807, 2.05) is 0 Å². The summed E-state index contributed by atoms with van der Waals surface area (Å²) in [5.74, 6) is 3.08. The van der Waals surface area contributed by atoms with Crippen molar-refractivity contribution >= 4 is 0 Å². The molecule has 0 aromatic carbocycles. The molecule has 1 saturated heterocycles.